The number of ether oxygens (including phenoxy) is 1. The second kappa shape index (κ2) is 8.06. The Morgan fingerprint density at radius 1 is 1.10 bits per heavy atom. The summed E-state index contributed by atoms with van der Waals surface area (Å²) in [4.78, 5) is 0. The second-order valence-electron chi connectivity index (χ2n) is 5.22. The maximum atomic E-state index is 6.27. The van der Waals surface area contributed by atoms with Gasteiger partial charge in [-0.15, -0.1) is 0 Å². The summed E-state index contributed by atoms with van der Waals surface area (Å²) in [5, 5.41) is 0.656. The van der Waals surface area contributed by atoms with E-state index in [1.165, 1.54) is 5.56 Å². The van der Waals surface area contributed by atoms with E-state index in [0.717, 1.165) is 30.6 Å². The molecule has 0 amide bonds. The van der Waals surface area contributed by atoms with Gasteiger partial charge < -0.3 is 10.5 Å². The molecule has 2 N–H and O–H groups in total. The minimum absolute atomic E-state index is 0.186. The highest BCUT2D eigenvalue weighted by Crippen LogP contribution is 2.26. The fourth-order valence-corrected chi connectivity index (χ4v) is 2.42. The first-order valence-corrected chi connectivity index (χ1v) is 7.77. The first kappa shape index (κ1) is 15.9. The molecule has 2 aromatic carbocycles. The van der Waals surface area contributed by atoms with E-state index in [-0.39, 0.29) is 6.04 Å². The lowest BCUT2D eigenvalue weighted by Gasteiger charge is -2.12. The van der Waals surface area contributed by atoms with E-state index < -0.39 is 0 Å². The molecule has 1 atom stereocenters. The van der Waals surface area contributed by atoms with Crippen LogP contribution in [0.25, 0.3) is 0 Å². The summed E-state index contributed by atoms with van der Waals surface area (Å²) in [6, 6.07) is 16.4. The highest BCUT2D eigenvalue weighted by molar-refractivity contribution is 6.32. The Morgan fingerprint density at radius 2 is 1.86 bits per heavy atom. The van der Waals surface area contributed by atoms with Crippen molar-refractivity contribution in [2.24, 2.45) is 5.73 Å². The van der Waals surface area contributed by atoms with Crippen LogP contribution in [0.15, 0.2) is 48.5 Å². The minimum atomic E-state index is 0.186. The molecule has 0 aliphatic carbocycles. The fraction of sp³-hybridized carbons (Fsp3) is 0.333. The molecule has 112 valence electrons. The van der Waals surface area contributed by atoms with Crippen molar-refractivity contribution in [3.05, 3.63) is 64.7 Å². The molecule has 0 fully saturated rings. The van der Waals surface area contributed by atoms with Gasteiger partial charge in [0.2, 0.25) is 0 Å². The largest absolute Gasteiger partial charge is 0.492 e. The Kier molecular flexibility index (Phi) is 6.09. The van der Waals surface area contributed by atoms with Crippen molar-refractivity contribution < 1.29 is 4.74 Å². The van der Waals surface area contributed by atoms with Gasteiger partial charge in [-0.3, -0.25) is 0 Å². The molecular weight excluding hydrogens is 282 g/mol. The Bertz CT molecular complexity index is 556. The molecule has 2 rings (SSSR count). The van der Waals surface area contributed by atoms with Crippen molar-refractivity contribution in [3.63, 3.8) is 0 Å². The van der Waals surface area contributed by atoms with E-state index in [9.17, 15) is 0 Å². The van der Waals surface area contributed by atoms with Crippen molar-refractivity contribution >= 4 is 11.6 Å². The van der Waals surface area contributed by atoms with Gasteiger partial charge in [-0.25, -0.2) is 0 Å². The Balaban J connectivity index is 1.89. The smallest absolute Gasteiger partial charge is 0.137 e. The predicted molar refractivity (Wildman–Crippen MR) is 89.1 cm³/mol. The van der Waals surface area contributed by atoms with Crippen LogP contribution in [-0.2, 0) is 12.8 Å². The summed E-state index contributed by atoms with van der Waals surface area (Å²) in [7, 11) is 0. The van der Waals surface area contributed by atoms with Crippen LogP contribution >= 0.6 is 11.6 Å². The zero-order valence-corrected chi connectivity index (χ0v) is 13.1. The maximum absolute atomic E-state index is 6.27. The molecule has 21 heavy (non-hydrogen) atoms. The molecule has 0 spiro atoms. The highest BCUT2D eigenvalue weighted by Gasteiger charge is 2.06. The first-order chi connectivity index (χ1) is 10.2. The Hall–Kier alpha value is -1.51. The van der Waals surface area contributed by atoms with E-state index in [1.54, 1.807) is 0 Å². The van der Waals surface area contributed by atoms with Crippen LogP contribution in [0.1, 0.15) is 24.5 Å². The van der Waals surface area contributed by atoms with E-state index >= 15 is 0 Å². The van der Waals surface area contributed by atoms with Crippen molar-refractivity contribution in [2.45, 2.75) is 32.2 Å². The zero-order valence-electron chi connectivity index (χ0n) is 12.4. The summed E-state index contributed by atoms with van der Waals surface area (Å²) in [5.74, 6) is 0.737. The summed E-state index contributed by atoms with van der Waals surface area (Å²) in [5.41, 5.74) is 8.38. The summed E-state index contributed by atoms with van der Waals surface area (Å²) in [6.07, 6.45) is 2.69. The van der Waals surface area contributed by atoms with Gasteiger partial charge >= 0.3 is 0 Å². The van der Waals surface area contributed by atoms with Crippen LogP contribution in [0.5, 0.6) is 5.75 Å². The molecule has 0 heterocycles. The van der Waals surface area contributed by atoms with Gasteiger partial charge in [0.1, 0.15) is 5.75 Å². The molecule has 1 unspecified atom stereocenters. The van der Waals surface area contributed by atoms with Crippen LogP contribution in [0.4, 0.5) is 0 Å². The lowest BCUT2D eigenvalue weighted by Crippen LogP contribution is -2.21. The molecule has 2 aromatic rings. The van der Waals surface area contributed by atoms with Crippen LogP contribution in [-0.4, -0.2) is 12.6 Å². The van der Waals surface area contributed by atoms with Gasteiger partial charge in [-0.2, -0.15) is 0 Å². The molecule has 2 nitrogen and oxygen atoms in total. The summed E-state index contributed by atoms with van der Waals surface area (Å²) >= 11 is 6.27. The standard InChI is InChI=1S/C18H22ClNO/c1-2-16(20)12-15-8-9-18(17(19)13-15)21-11-10-14-6-4-3-5-7-14/h3-9,13,16H,2,10-12,20H2,1H3. The van der Waals surface area contributed by atoms with Crippen molar-refractivity contribution in [3.8, 4) is 5.75 Å². The molecule has 0 aliphatic rings. The molecule has 0 radical (unpaired) electrons. The molecular formula is C18H22ClNO. The second-order valence-corrected chi connectivity index (χ2v) is 5.63. The Labute approximate surface area is 131 Å². The molecule has 0 saturated heterocycles. The van der Waals surface area contributed by atoms with Gasteiger partial charge in [0.25, 0.3) is 0 Å². The average Bonchev–Trinajstić information content (AvgIpc) is 2.50. The van der Waals surface area contributed by atoms with Gasteiger partial charge in [0, 0.05) is 12.5 Å². The first-order valence-electron chi connectivity index (χ1n) is 7.39. The van der Waals surface area contributed by atoms with Gasteiger partial charge in [-0.05, 0) is 36.1 Å². The quantitative estimate of drug-likeness (QED) is 0.830. The van der Waals surface area contributed by atoms with Crippen LogP contribution in [0, 0.1) is 0 Å². The topological polar surface area (TPSA) is 35.2 Å². The molecule has 3 heteroatoms. The highest BCUT2D eigenvalue weighted by atomic mass is 35.5. The number of benzene rings is 2. The minimum Gasteiger partial charge on any atom is -0.492 e. The van der Waals surface area contributed by atoms with Crippen LogP contribution in [0.2, 0.25) is 5.02 Å². The number of hydrogen-bond acceptors (Lipinski definition) is 2. The lowest BCUT2D eigenvalue weighted by atomic mass is 10.0. The molecule has 0 aromatic heterocycles. The number of rotatable bonds is 7. The van der Waals surface area contributed by atoms with Gasteiger partial charge in [-0.1, -0.05) is 54.9 Å². The number of hydrogen-bond donors (Lipinski definition) is 1. The SMILES string of the molecule is CCC(N)Cc1ccc(OCCc2ccccc2)c(Cl)c1. The maximum Gasteiger partial charge on any atom is 0.137 e. The van der Waals surface area contributed by atoms with Gasteiger partial charge in [0.15, 0.2) is 0 Å². The van der Waals surface area contributed by atoms with Crippen LogP contribution < -0.4 is 10.5 Å². The van der Waals surface area contributed by atoms with E-state index in [2.05, 4.69) is 19.1 Å². The lowest BCUT2D eigenvalue weighted by molar-refractivity contribution is 0.322. The Morgan fingerprint density at radius 3 is 2.52 bits per heavy atom. The summed E-state index contributed by atoms with van der Waals surface area (Å²) in [6.45, 7) is 2.71. The molecule has 0 saturated carbocycles. The number of nitrogens with two attached hydrogens (primary N) is 1. The van der Waals surface area contributed by atoms with E-state index in [0.29, 0.717) is 11.6 Å². The van der Waals surface area contributed by atoms with Crippen molar-refractivity contribution in [1.82, 2.24) is 0 Å². The third kappa shape index (κ3) is 5.07. The summed E-state index contributed by atoms with van der Waals surface area (Å²) < 4.78 is 5.76. The average molecular weight is 304 g/mol. The zero-order chi connectivity index (χ0) is 15.1. The predicted octanol–water partition coefficient (Wildman–Crippen LogP) is 4.24. The van der Waals surface area contributed by atoms with E-state index in [4.69, 9.17) is 22.1 Å². The molecule has 0 aliphatic heterocycles. The van der Waals surface area contributed by atoms with Gasteiger partial charge in [0.05, 0.1) is 11.6 Å². The molecule has 0 bridgehead atoms. The van der Waals surface area contributed by atoms with E-state index in [1.807, 2.05) is 36.4 Å². The third-order valence-electron chi connectivity index (χ3n) is 3.51. The number of halogens is 1. The van der Waals surface area contributed by atoms with Crippen LogP contribution in [0.3, 0.4) is 0 Å². The van der Waals surface area contributed by atoms with Crippen molar-refractivity contribution in [2.75, 3.05) is 6.61 Å². The third-order valence-corrected chi connectivity index (χ3v) is 3.81. The normalized spacial score (nSPS) is 12.1. The monoisotopic (exact) mass is 303 g/mol. The fourth-order valence-electron chi connectivity index (χ4n) is 2.16. The van der Waals surface area contributed by atoms with Crippen molar-refractivity contribution in [1.29, 1.82) is 0 Å².